The fourth-order valence-electron chi connectivity index (χ4n) is 1.72. The smallest absolute Gasteiger partial charge is 0.242 e. The first-order valence-electron chi connectivity index (χ1n) is 6.26. The lowest BCUT2D eigenvalue weighted by Gasteiger charge is -2.28. The third-order valence-corrected chi connectivity index (χ3v) is 2.69. The summed E-state index contributed by atoms with van der Waals surface area (Å²) in [5.41, 5.74) is 0. The molecular formula is C13H26N2O2. The first-order chi connectivity index (χ1) is 7.79. The van der Waals surface area contributed by atoms with E-state index in [1.165, 1.54) is 0 Å². The van der Waals surface area contributed by atoms with Gasteiger partial charge in [0.25, 0.3) is 0 Å². The van der Waals surface area contributed by atoms with Crippen LogP contribution in [0.15, 0.2) is 0 Å². The Labute approximate surface area is 105 Å². The van der Waals surface area contributed by atoms with Gasteiger partial charge in [-0.15, -0.1) is 0 Å². The monoisotopic (exact) mass is 242 g/mol. The summed E-state index contributed by atoms with van der Waals surface area (Å²) in [4.78, 5) is 25.3. The van der Waals surface area contributed by atoms with E-state index in [1.807, 2.05) is 13.8 Å². The van der Waals surface area contributed by atoms with Crippen LogP contribution in [0, 0.1) is 11.8 Å². The van der Waals surface area contributed by atoms with Crippen LogP contribution in [0.2, 0.25) is 0 Å². The van der Waals surface area contributed by atoms with E-state index in [-0.39, 0.29) is 17.9 Å². The molecule has 0 aliphatic carbocycles. The van der Waals surface area contributed by atoms with E-state index >= 15 is 0 Å². The summed E-state index contributed by atoms with van der Waals surface area (Å²) in [5.74, 6) is 0.647. The molecule has 0 saturated heterocycles. The van der Waals surface area contributed by atoms with Crippen LogP contribution in [-0.4, -0.2) is 36.9 Å². The van der Waals surface area contributed by atoms with Crippen molar-refractivity contribution in [2.45, 2.75) is 46.6 Å². The number of rotatable bonds is 6. The van der Waals surface area contributed by atoms with Crippen LogP contribution in [0.3, 0.4) is 0 Å². The molecule has 0 bridgehead atoms. The van der Waals surface area contributed by atoms with Gasteiger partial charge in [0.15, 0.2) is 0 Å². The van der Waals surface area contributed by atoms with Crippen molar-refractivity contribution in [1.29, 1.82) is 0 Å². The van der Waals surface area contributed by atoms with Crippen LogP contribution in [0.4, 0.5) is 0 Å². The minimum absolute atomic E-state index is 0.0363. The maximum Gasteiger partial charge on any atom is 0.242 e. The Hall–Kier alpha value is -1.06. The second-order valence-corrected chi connectivity index (χ2v) is 5.36. The van der Waals surface area contributed by atoms with Crippen molar-refractivity contribution in [3.05, 3.63) is 0 Å². The average Bonchev–Trinajstić information content (AvgIpc) is 2.22. The van der Waals surface area contributed by atoms with Crippen molar-refractivity contribution in [3.63, 3.8) is 0 Å². The zero-order valence-corrected chi connectivity index (χ0v) is 11.9. The summed E-state index contributed by atoms with van der Waals surface area (Å²) >= 11 is 0. The quantitative estimate of drug-likeness (QED) is 0.770. The predicted molar refractivity (Wildman–Crippen MR) is 69.5 cm³/mol. The molecule has 1 atom stereocenters. The normalized spacial score (nSPS) is 12.7. The summed E-state index contributed by atoms with van der Waals surface area (Å²) in [5, 5.41) is 2.63. The van der Waals surface area contributed by atoms with E-state index < -0.39 is 0 Å². The Balaban J connectivity index is 4.67. The third-order valence-electron chi connectivity index (χ3n) is 2.69. The van der Waals surface area contributed by atoms with Gasteiger partial charge in [-0.25, -0.2) is 0 Å². The van der Waals surface area contributed by atoms with E-state index in [1.54, 1.807) is 19.0 Å². The molecule has 0 heterocycles. The molecule has 0 radical (unpaired) electrons. The second kappa shape index (κ2) is 7.30. The highest BCUT2D eigenvalue weighted by Crippen LogP contribution is 2.13. The van der Waals surface area contributed by atoms with Crippen molar-refractivity contribution in [2.24, 2.45) is 11.8 Å². The zero-order chi connectivity index (χ0) is 13.6. The lowest BCUT2D eigenvalue weighted by molar-refractivity contribution is -0.139. The standard InChI is InChI=1S/C13H26N2O2/c1-9(2)7-11(13(17)14-5)15(6)12(16)8-10(3)4/h9-11H,7-8H2,1-6H3,(H,14,17)/t11-/m0/s1. The molecule has 0 rings (SSSR count). The SMILES string of the molecule is CNC(=O)[C@H](CC(C)C)N(C)C(=O)CC(C)C. The second-order valence-electron chi connectivity index (χ2n) is 5.36. The molecule has 0 saturated carbocycles. The molecule has 0 unspecified atom stereocenters. The molecule has 0 aromatic heterocycles. The van der Waals surface area contributed by atoms with E-state index in [0.29, 0.717) is 24.7 Å². The number of hydrogen-bond acceptors (Lipinski definition) is 2. The zero-order valence-electron chi connectivity index (χ0n) is 11.9. The molecular weight excluding hydrogens is 216 g/mol. The molecule has 4 nitrogen and oxygen atoms in total. The Bertz CT molecular complexity index is 262. The molecule has 0 aromatic carbocycles. The molecule has 17 heavy (non-hydrogen) atoms. The highest BCUT2D eigenvalue weighted by Gasteiger charge is 2.26. The minimum Gasteiger partial charge on any atom is -0.357 e. The summed E-state index contributed by atoms with van der Waals surface area (Å²) in [6.45, 7) is 8.11. The van der Waals surface area contributed by atoms with Crippen molar-refractivity contribution < 1.29 is 9.59 Å². The predicted octanol–water partition coefficient (Wildman–Crippen LogP) is 1.65. The van der Waals surface area contributed by atoms with E-state index in [0.717, 1.165) is 0 Å². The van der Waals surface area contributed by atoms with Crippen molar-refractivity contribution >= 4 is 11.8 Å². The topological polar surface area (TPSA) is 49.4 Å². The maximum absolute atomic E-state index is 11.9. The molecule has 0 aliphatic rings. The van der Waals surface area contributed by atoms with E-state index in [4.69, 9.17) is 0 Å². The van der Waals surface area contributed by atoms with Crippen LogP contribution in [-0.2, 0) is 9.59 Å². The van der Waals surface area contributed by atoms with Gasteiger partial charge in [0, 0.05) is 20.5 Å². The molecule has 4 heteroatoms. The molecule has 0 spiro atoms. The van der Waals surface area contributed by atoms with E-state index in [2.05, 4.69) is 19.2 Å². The molecule has 0 aromatic rings. The fraction of sp³-hybridized carbons (Fsp3) is 0.846. The molecule has 1 N–H and O–H groups in total. The largest absolute Gasteiger partial charge is 0.357 e. The van der Waals surface area contributed by atoms with Crippen LogP contribution >= 0.6 is 0 Å². The number of carbonyl (C=O) groups is 2. The van der Waals surface area contributed by atoms with Gasteiger partial charge in [0.05, 0.1) is 0 Å². The van der Waals surface area contributed by atoms with Crippen molar-refractivity contribution in [2.75, 3.05) is 14.1 Å². The van der Waals surface area contributed by atoms with Gasteiger partial charge in [-0.1, -0.05) is 27.7 Å². The number of hydrogen-bond donors (Lipinski definition) is 1. The number of nitrogens with one attached hydrogen (secondary N) is 1. The highest BCUT2D eigenvalue weighted by molar-refractivity contribution is 5.87. The fourth-order valence-corrected chi connectivity index (χ4v) is 1.72. The Morgan fingerprint density at radius 2 is 1.65 bits per heavy atom. The Kier molecular flexibility index (Phi) is 6.85. The van der Waals surface area contributed by atoms with Crippen LogP contribution in [0.5, 0.6) is 0 Å². The summed E-state index contributed by atoms with van der Waals surface area (Å²) < 4.78 is 0. The van der Waals surface area contributed by atoms with Gasteiger partial charge >= 0.3 is 0 Å². The summed E-state index contributed by atoms with van der Waals surface area (Å²) in [6, 6.07) is -0.355. The van der Waals surface area contributed by atoms with Crippen LogP contribution < -0.4 is 5.32 Å². The van der Waals surface area contributed by atoms with Gasteiger partial charge in [0.1, 0.15) is 6.04 Å². The molecule has 100 valence electrons. The van der Waals surface area contributed by atoms with Gasteiger partial charge in [-0.2, -0.15) is 0 Å². The van der Waals surface area contributed by atoms with Crippen molar-refractivity contribution in [3.8, 4) is 0 Å². The lowest BCUT2D eigenvalue weighted by atomic mass is 10.0. The van der Waals surface area contributed by atoms with Crippen LogP contribution in [0.1, 0.15) is 40.5 Å². The Morgan fingerprint density at radius 3 is 2.00 bits per heavy atom. The lowest BCUT2D eigenvalue weighted by Crippen LogP contribution is -2.47. The number of carbonyl (C=O) groups excluding carboxylic acids is 2. The third kappa shape index (κ3) is 5.71. The first kappa shape index (κ1) is 15.9. The van der Waals surface area contributed by atoms with Gasteiger partial charge in [0.2, 0.25) is 11.8 Å². The molecule has 2 amide bonds. The van der Waals surface area contributed by atoms with Crippen LogP contribution in [0.25, 0.3) is 0 Å². The summed E-state index contributed by atoms with van der Waals surface area (Å²) in [7, 11) is 3.32. The number of nitrogens with zero attached hydrogens (tertiary/aromatic N) is 1. The average molecular weight is 242 g/mol. The maximum atomic E-state index is 11.9. The number of likely N-dealkylation sites (N-methyl/N-ethyl adjacent to an activating group) is 2. The molecule has 0 aliphatic heterocycles. The van der Waals surface area contributed by atoms with Gasteiger partial charge in [-0.3, -0.25) is 9.59 Å². The van der Waals surface area contributed by atoms with E-state index in [9.17, 15) is 9.59 Å². The Morgan fingerprint density at radius 1 is 1.12 bits per heavy atom. The molecule has 0 fully saturated rings. The minimum atomic E-state index is -0.355. The first-order valence-corrected chi connectivity index (χ1v) is 6.26. The van der Waals surface area contributed by atoms with Crippen molar-refractivity contribution in [1.82, 2.24) is 10.2 Å². The highest BCUT2D eigenvalue weighted by atomic mass is 16.2. The number of amides is 2. The van der Waals surface area contributed by atoms with Gasteiger partial charge < -0.3 is 10.2 Å². The van der Waals surface area contributed by atoms with Gasteiger partial charge in [-0.05, 0) is 18.3 Å². The summed E-state index contributed by atoms with van der Waals surface area (Å²) in [6.07, 6.45) is 1.18.